The fraction of sp³-hybridized carbons (Fsp3) is 0.688. The number of pyridine rings is 1. The first kappa shape index (κ1) is 12.9. The molecule has 0 amide bonds. The molecule has 2 bridgehead atoms. The minimum absolute atomic E-state index is 0.0474. The molecule has 3 rings (SSSR count). The Kier molecular flexibility index (Phi) is 3.48. The fourth-order valence-corrected chi connectivity index (χ4v) is 4.12. The van der Waals surface area contributed by atoms with Gasteiger partial charge in [-0.1, -0.05) is 12.5 Å². The minimum atomic E-state index is 0.0474. The second kappa shape index (κ2) is 5.12. The second-order valence-electron chi connectivity index (χ2n) is 6.52. The Bertz CT molecular complexity index is 443. The molecule has 1 aromatic heterocycles. The van der Waals surface area contributed by atoms with Crippen LogP contribution in [0.5, 0.6) is 0 Å². The van der Waals surface area contributed by atoms with Crippen LogP contribution in [0.1, 0.15) is 44.2 Å². The number of rotatable bonds is 4. The predicted molar refractivity (Wildman–Crippen MR) is 79.0 cm³/mol. The van der Waals surface area contributed by atoms with Crippen LogP contribution in [-0.4, -0.2) is 18.6 Å². The SMILES string of the molecule is C[C@H](N)c1cccnc1N(C)CC1CC2CCC1C2. The van der Waals surface area contributed by atoms with Gasteiger partial charge in [0.05, 0.1) is 0 Å². The van der Waals surface area contributed by atoms with Crippen LogP contribution in [0.15, 0.2) is 18.3 Å². The van der Waals surface area contributed by atoms with Gasteiger partial charge in [0.25, 0.3) is 0 Å². The van der Waals surface area contributed by atoms with E-state index in [1.807, 2.05) is 19.2 Å². The van der Waals surface area contributed by atoms with Gasteiger partial charge in [-0.05, 0) is 50.0 Å². The van der Waals surface area contributed by atoms with Crippen LogP contribution in [0.2, 0.25) is 0 Å². The lowest BCUT2D eigenvalue weighted by atomic mass is 9.88. The van der Waals surface area contributed by atoms with E-state index in [4.69, 9.17) is 5.73 Å². The molecule has 0 spiro atoms. The summed E-state index contributed by atoms with van der Waals surface area (Å²) in [5.41, 5.74) is 7.21. The first-order chi connectivity index (χ1) is 9.15. The van der Waals surface area contributed by atoms with Crippen molar-refractivity contribution in [3.8, 4) is 0 Å². The summed E-state index contributed by atoms with van der Waals surface area (Å²) in [7, 11) is 2.17. The van der Waals surface area contributed by atoms with Gasteiger partial charge in [-0.25, -0.2) is 4.98 Å². The highest BCUT2D eigenvalue weighted by Crippen LogP contribution is 2.48. The predicted octanol–water partition coefficient (Wildman–Crippen LogP) is 2.97. The first-order valence-electron chi connectivity index (χ1n) is 7.56. The Morgan fingerprint density at radius 2 is 2.26 bits per heavy atom. The van der Waals surface area contributed by atoms with Gasteiger partial charge in [-0.3, -0.25) is 0 Å². The zero-order valence-corrected chi connectivity index (χ0v) is 12.0. The maximum absolute atomic E-state index is 6.05. The molecule has 3 nitrogen and oxygen atoms in total. The molecule has 2 fully saturated rings. The Morgan fingerprint density at radius 1 is 1.42 bits per heavy atom. The number of anilines is 1. The molecule has 2 N–H and O–H groups in total. The highest BCUT2D eigenvalue weighted by Gasteiger charge is 2.39. The average molecular weight is 259 g/mol. The van der Waals surface area contributed by atoms with Gasteiger partial charge >= 0.3 is 0 Å². The van der Waals surface area contributed by atoms with Crippen LogP contribution in [0.4, 0.5) is 5.82 Å². The molecule has 1 aromatic rings. The monoisotopic (exact) mass is 259 g/mol. The largest absolute Gasteiger partial charge is 0.359 e. The van der Waals surface area contributed by atoms with E-state index < -0.39 is 0 Å². The molecule has 3 unspecified atom stereocenters. The quantitative estimate of drug-likeness (QED) is 0.904. The van der Waals surface area contributed by atoms with E-state index in [0.717, 1.165) is 35.7 Å². The molecule has 2 aliphatic carbocycles. The third-order valence-corrected chi connectivity index (χ3v) is 5.06. The number of hydrogen-bond donors (Lipinski definition) is 1. The van der Waals surface area contributed by atoms with E-state index in [2.05, 4.69) is 23.0 Å². The molecule has 104 valence electrons. The Hall–Kier alpha value is -1.09. The summed E-state index contributed by atoms with van der Waals surface area (Å²) in [5, 5.41) is 0. The van der Waals surface area contributed by atoms with E-state index in [0.29, 0.717) is 0 Å². The van der Waals surface area contributed by atoms with Crippen molar-refractivity contribution in [1.82, 2.24) is 4.98 Å². The maximum Gasteiger partial charge on any atom is 0.133 e. The van der Waals surface area contributed by atoms with Crippen molar-refractivity contribution in [3.05, 3.63) is 23.9 Å². The van der Waals surface area contributed by atoms with Crippen molar-refractivity contribution >= 4 is 5.82 Å². The molecule has 0 saturated heterocycles. The highest BCUT2D eigenvalue weighted by molar-refractivity contribution is 5.47. The van der Waals surface area contributed by atoms with Crippen molar-refractivity contribution in [3.63, 3.8) is 0 Å². The number of fused-ring (bicyclic) bond motifs is 2. The summed E-state index contributed by atoms with van der Waals surface area (Å²) in [4.78, 5) is 6.87. The van der Waals surface area contributed by atoms with Crippen molar-refractivity contribution in [2.75, 3.05) is 18.5 Å². The zero-order chi connectivity index (χ0) is 13.4. The van der Waals surface area contributed by atoms with Crippen LogP contribution in [0.3, 0.4) is 0 Å². The van der Waals surface area contributed by atoms with Gasteiger partial charge in [0.1, 0.15) is 5.82 Å². The lowest BCUT2D eigenvalue weighted by molar-refractivity contribution is 0.337. The Labute approximate surface area is 116 Å². The normalized spacial score (nSPS) is 30.6. The van der Waals surface area contributed by atoms with Crippen molar-refractivity contribution in [1.29, 1.82) is 0 Å². The summed E-state index contributed by atoms with van der Waals surface area (Å²) in [6.45, 7) is 3.17. The molecule has 3 heteroatoms. The molecular formula is C16H25N3. The van der Waals surface area contributed by atoms with E-state index in [1.165, 1.54) is 25.7 Å². The van der Waals surface area contributed by atoms with E-state index in [-0.39, 0.29) is 6.04 Å². The van der Waals surface area contributed by atoms with Crippen LogP contribution in [0.25, 0.3) is 0 Å². The van der Waals surface area contributed by atoms with Crippen molar-refractivity contribution in [2.45, 2.75) is 38.6 Å². The number of hydrogen-bond acceptors (Lipinski definition) is 3. The van der Waals surface area contributed by atoms with E-state index in [9.17, 15) is 0 Å². The van der Waals surface area contributed by atoms with Crippen molar-refractivity contribution in [2.24, 2.45) is 23.5 Å². The standard InChI is InChI=1S/C16H25N3/c1-11(17)15-4-3-7-18-16(15)19(2)10-14-9-12-5-6-13(14)8-12/h3-4,7,11-14H,5-6,8-10,17H2,1-2H3/t11-,12?,13?,14?/m0/s1. The molecule has 0 aliphatic heterocycles. The third-order valence-electron chi connectivity index (χ3n) is 5.06. The molecule has 0 radical (unpaired) electrons. The molecule has 0 aromatic carbocycles. The highest BCUT2D eigenvalue weighted by atomic mass is 15.2. The summed E-state index contributed by atoms with van der Waals surface area (Å²) in [6, 6.07) is 4.13. The topological polar surface area (TPSA) is 42.1 Å². The lowest BCUT2D eigenvalue weighted by Crippen LogP contribution is -2.30. The minimum Gasteiger partial charge on any atom is -0.359 e. The van der Waals surface area contributed by atoms with Crippen LogP contribution >= 0.6 is 0 Å². The summed E-state index contributed by atoms with van der Waals surface area (Å²) in [6.07, 6.45) is 7.69. The van der Waals surface area contributed by atoms with Crippen LogP contribution in [-0.2, 0) is 0 Å². The number of aromatic nitrogens is 1. The van der Waals surface area contributed by atoms with Crippen molar-refractivity contribution < 1.29 is 0 Å². The average Bonchev–Trinajstić information content (AvgIpc) is 3.01. The van der Waals surface area contributed by atoms with Gasteiger partial charge < -0.3 is 10.6 Å². The molecular weight excluding hydrogens is 234 g/mol. The molecule has 19 heavy (non-hydrogen) atoms. The molecule has 2 saturated carbocycles. The zero-order valence-electron chi connectivity index (χ0n) is 12.0. The molecule has 1 heterocycles. The first-order valence-corrected chi connectivity index (χ1v) is 7.56. The Morgan fingerprint density at radius 3 is 2.89 bits per heavy atom. The van der Waals surface area contributed by atoms with Gasteiger partial charge in [-0.15, -0.1) is 0 Å². The fourth-order valence-electron chi connectivity index (χ4n) is 4.12. The number of nitrogens with zero attached hydrogens (tertiary/aromatic N) is 2. The van der Waals surface area contributed by atoms with Gasteiger partial charge in [0.15, 0.2) is 0 Å². The van der Waals surface area contributed by atoms with Crippen LogP contribution < -0.4 is 10.6 Å². The van der Waals surface area contributed by atoms with E-state index >= 15 is 0 Å². The smallest absolute Gasteiger partial charge is 0.133 e. The lowest BCUT2D eigenvalue weighted by Gasteiger charge is -2.29. The van der Waals surface area contributed by atoms with Gasteiger partial charge in [0, 0.05) is 31.4 Å². The summed E-state index contributed by atoms with van der Waals surface area (Å²) in [5.74, 6) is 3.92. The molecule has 2 aliphatic rings. The summed E-state index contributed by atoms with van der Waals surface area (Å²) < 4.78 is 0. The maximum atomic E-state index is 6.05. The molecule has 4 atom stereocenters. The number of nitrogens with two attached hydrogens (primary N) is 1. The summed E-state index contributed by atoms with van der Waals surface area (Å²) >= 11 is 0. The Balaban J connectivity index is 1.72. The van der Waals surface area contributed by atoms with Crippen LogP contribution in [0, 0.1) is 17.8 Å². The second-order valence-corrected chi connectivity index (χ2v) is 6.52. The van der Waals surface area contributed by atoms with Gasteiger partial charge in [0.2, 0.25) is 0 Å². The third kappa shape index (κ3) is 2.48. The van der Waals surface area contributed by atoms with E-state index in [1.54, 1.807) is 0 Å². The van der Waals surface area contributed by atoms with Gasteiger partial charge in [-0.2, -0.15) is 0 Å².